The maximum Gasteiger partial charge on any atom is 0.303 e. The molecule has 4 saturated carbocycles. The third-order valence-corrected chi connectivity index (χ3v) is 9.84. The van der Waals surface area contributed by atoms with Crippen LogP contribution in [0.4, 0.5) is 0 Å². The van der Waals surface area contributed by atoms with Crippen molar-refractivity contribution in [3.05, 3.63) is 0 Å². The Kier molecular flexibility index (Phi) is 4.96. The number of carboxylic acids is 1. The first kappa shape index (κ1) is 19.5. The molecule has 0 bridgehead atoms. The van der Waals surface area contributed by atoms with E-state index in [2.05, 4.69) is 20.8 Å². The highest BCUT2D eigenvalue weighted by atomic mass is 16.4. The van der Waals surface area contributed by atoms with E-state index >= 15 is 0 Å². The number of rotatable bonds is 4. The molecule has 0 amide bonds. The normalized spacial score (nSPS) is 47.7. The number of Topliss-reactive ketones (excluding diaryl/α,β-unsaturated/α-hetero) is 1. The molecule has 4 rings (SSSR count). The first-order valence-corrected chi connectivity index (χ1v) is 11.5. The van der Waals surface area contributed by atoms with E-state index in [-0.39, 0.29) is 17.3 Å². The van der Waals surface area contributed by atoms with Crippen LogP contribution in [0.15, 0.2) is 0 Å². The van der Waals surface area contributed by atoms with Gasteiger partial charge in [0.05, 0.1) is 0 Å². The quantitative estimate of drug-likeness (QED) is 0.685. The minimum absolute atomic E-state index is 0.105. The first-order chi connectivity index (χ1) is 12.8. The van der Waals surface area contributed by atoms with Crippen LogP contribution in [0.3, 0.4) is 0 Å². The summed E-state index contributed by atoms with van der Waals surface area (Å²) in [5.74, 6) is 3.14. The van der Waals surface area contributed by atoms with E-state index in [9.17, 15) is 9.59 Å². The van der Waals surface area contributed by atoms with Crippen molar-refractivity contribution in [2.75, 3.05) is 0 Å². The van der Waals surface area contributed by atoms with Crippen LogP contribution >= 0.6 is 0 Å². The van der Waals surface area contributed by atoms with Gasteiger partial charge in [0.15, 0.2) is 0 Å². The Hall–Kier alpha value is -0.860. The predicted octanol–water partition coefficient (Wildman–Crippen LogP) is 5.72. The molecule has 1 N–H and O–H groups in total. The lowest BCUT2D eigenvalue weighted by Crippen LogP contribution is -2.57. The zero-order valence-corrected chi connectivity index (χ0v) is 17.5. The van der Waals surface area contributed by atoms with E-state index in [0.29, 0.717) is 35.4 Å². The van der Waals surface area contributed by atoms with Crippen LogP contribution in [0.1, 0.15) is 91.4 Å². The van der Waals surface area contributed by atoms with E-state index in [0.717, 1.165) is 18.8 Å². The molecule has 0 aromatic rings. The monoisotopic (exact) mass is 374 g/mol. The molecule has 152 valence electrons. The number of aliphatic carboxylic acids is 1. The Morgan fingerprint density at radius 1 is 1.11 bits per heavy atom. The highest BCUT2D eigenvalue weighted by Crippen LogP contribution is 2.67. The Morgan fingerprint density at radius 2 is 1.89 bits per heavy atom. The lowest BCUT2D eigenvalue weighted by atomic mass is 9.44. The van der Waals surface area contributed by atoms with Gasteiger partial charge in [0.2, 0.25) is 0 Å². The van der Waals surface area contributed by atoms with Gasteiger partial charge < -0.3 is 5.11 Å². The summed E-state index contributed by atoms with van der Waals surface area (Å²) in [4.78, 5) is 24.6. The number of carboxylic acid groups (broad SMARTS) is 1. The molecular weight excluding hydrogens is 336 g/mol. The summed E-state index contributed by atoms with van der Waals surface area (Å²) in [5, 5.41) is 9.08. The van der Waals surface area contributed by atoms with Crippen molar-refractivity contribution < 1.29 is 14.7 Å². The van der Waals surface area contributed by atoms with E-state index in [4.69, 9.17) is 5.11 Å². The van der Waals surface area contributed by atoms with Crippen molar-refractivity contribution in [2.45, 2.75) is 91.4 Å². The summed E-state index contributed by atoms with van der Waals surface area (Å²) < 4.78 is 0. The maximum absolute atomic E-state index is 13.6. The van der Waals surface area contributed by atoms with Gasteiger partial charge in [-0.1, -0.05) is 33.6 Å². The molecule has 8 atom stereocenters. The van der Waals surface area contributed by atoms with E-state index in [1.165, 1.54) is 51.4 Å². The van der Waals surface area contributed by atoms with Crippen molar-refractivity contribution in [1.82, 2.24) is 0 Å². The van der Waals surface area contributed by atoms with Crippen molar-refractivity contribution in [3.63, 3.8) is 0 Å². The molecule has 0 radical (unpaired) electrons. The van der Waals surface area contributed by atoms with E-state index in [1.807, 2.05) is 0 Å². The second-order valence-corrected chi connectivity index (χ2v) is 11.0. The summed E-state index contributed by atoms with van der Waals surface area (Å²) in [6.45, 7) is 7.07. The highest BCUT2D eigenvalue weighted by Gasteiger charge is 2.63. The SMILES string of the molecule is C[C@H](CCC(=O)O)[C@H]1CC[C@H]2[C@@H]3CCC4CCCC[C@]4(C)[C@H]3C(=O)C[C@]12C. The topological polar surface area (TPSA) is 54.4 Å². The fourth-order valence-electron chi connectivity index (χ4n) is 8.63. The lowest BCUT2D eigenvalue weighted by molar-refractivity contribution is -0.158. The number of ketones is 1. The zero-order chi connectivity index (χ0) is 19.4. The standard InChI is InChI=1S/C24H38O3/c1-15(7-12-21(26)27)18-10-11-19-17-9-8-16-6-4-5-13-23(16,2)22(17)20(25)14-24(18,19)3/h15-19,22H,4-14H2,1-3H3,(H,26,27)/t15-,16?,17+,18-,19+,22-,23+,24-/m1/s1. The van der Waals surface area contributed by atoms with Crippen molar-refractivity contribution in [2.24, 2.45) is 46.3 Å². The molecule has 4 fully saturated rings. The minimum atomic E-state index is -0.690. The van der Waals surface area contributed by atoms with Gasteiger partial charge in [0.25, 0.3) is 0 Å². The summed E-state index contributed by atoms with van der Waals surface area (Å²) in [6, 6.07) is 0. The van der Waals surface area contributed by atoms with Gasteiger partial charge in [-0.2, -0.15) is 0 Å². The molecule has 0 saturated heterocycles. The Morgan fingerprint density at radius 3 is 2.63 bits per heavy atom. The third-order valence-electron chi connectivity index (χ3n) is 9.84. The fraction of sp³-hybridized carbons (Fsp3) is 0.917. The molecule has 0 spiro atoms. The van der Waals surface area contributed by atoms with Crippen LogP contribution in [-0.2, 0) is 9.59 Å². The average molecular weight is 375 g/mol. The molecule has 27 heavy (non-hydrogen) atoms. The first-order valence-electron chi connectivity index (χ1n) is 11.5. The Bertz CT molecular complexity index is 613. The van der Waals surface area contributed by atoms with Gasteiger partial charge in [-0.25, -0.2) is 0 Å². The number of hydrogen-bond acceptors (Lipinski definition) is 2. The average Bonchev–Trinajstić information content (AvgIpc) is 2.95. The smallest absolute Gasteiger partial charge is 0.303 e. The van der Waals surface area contributed by atoms with Crippen LogP contribution in [0, 0.1) is 46.3 Å². The summed E-state index contributed by atoms with van der Waals surface area (Å²) in [6.07, 6.45) is 12.1. The van der Waals surface area contributed by atoms with Crippen LogP contribution < -0.4 is 0 Å². The molecular formula is C24H38O3. The molecule has 4 aliphatic rings. The summed E-state index contributed by atoms with van der Waals surface area (Å²) in [5.41, 5.74) is 0.362. The molecule has 0 heterocycles. The van der Waals surface area contributed by atoms with Crippen molar-refractivity contribution in [1.29, 1.82) is 0 Å². The number of carbonyl (C=O) groups excluding carboxylic acids is 1. The van der Waals surface area contributed by atoms with Crippen molar-refractivity contribution in [3.8, 4) is 0 Å². The van der Waals surface area contributed by atoms with Crippen molar-refractivity contribution >= 4 is 11.8 Å². The molecule has 4 aliphatic carbocycles. The van der Waals surface area contributed by atoms with Gasteiger partial charge in [-0.15, -0.1) is 0 Å². The van der Waals surface area contributed by atoms with Crippen LogP contribution in [0.2, 0.25) is 0 Å². The van der Waals surface area contributed by atoms with Gasteiger partial charge >= 0.3 is 5.97 Å². The Balaban J connectivity index is 1.58. The largest absolute Gasteiger partial charge is 0.481 e. The minimum Gasteiger partial charge on any atom is -0.481 e. The second-order valence-electron chi connectivity index (χ2n) is 11.0. The van der Waals surface area contributed by atoms with Crippen LogP contribution in [-0.4, -0.2) is 16.9 Å². The lowest BCUT2D eigenvalue weighted by Gasteiger charge is -2.59. The number of hydrogen-bond donors (Lipinski definition) is 1. The van der Waals surface area contributed by atoms with E-state index in [1.54, 1.807) is 0 Å². The van der Waals surface area contributed by atoms with Crippen LogP contribution in [0.5, 0.6) is 0 Å². The second kappa shape index (κ2) is 6.88. The Labute approximate surface area is 164 Å². The number of carbonyl (C=O) groups is 2. The molecule has 0 aromatic carbocycles. The molecule has 3 nitrogen and oxygen atoms in total. The zero-order valence-electron chi connectivity index (χ0n) is 17.5. The molecule has 3 heteroatoms. The molecule has 1 unspecified atom stereocenters. The summed E-state index contributed by atoms with van der Waals surface area (Å²) >= 11 is 0. The van der Waals surface area contributed by atoms with Gasteiger partial charge in [-0.05, 0) is 85.4 Å². The summed E-state index contributed by atoms with van der Waals surface area (Å²) in [7, 11) is 0. The maximum atomic E-state index is 13.6. The van der Waals surface area contributed by atoms with Crippen LogP contribution in [0.25, 0.3) is 0 Å². The molecule has 0 aromatic heterocycles. The fourth-order valence-corrected chi connectivity index (χ4v) is 8.63. The van der Waals surface area contributed by atoms with Gasteiger partial charge in [0.1, 0.15) is 5.78 Å². The number of fused-ring (bicyclic) bond motifs is 5. The van der Waals surface area contributed by atoms with Gasteiger partial charge in [0, 0.05) is 18.8 Å². The van der Waals surface area contributed by atoms with E-state index < -0.39 is 5.97 Å². The van der Waals surface area contributed by atoms with Gasteiger partial charge in [-0.3, -0.25) is 9.59 Å². The third kappa shape index (κ3) is 2.99. The predicted molar refractivity (Wildman–Crippen MR) is 106 cm³/mol. The molecule has 0 aliphatic heterocycles. The highest BCUT2D eigenvalue weighted by molar-refractivity contribution is 5.84.